The van der Waals surface area contributed by atoms with Gasteiger partial charge in [-0.2, -0.15) is 0 Å². The molecule has 0 saturated carbocycles. The third-order valence-electron chi connectivity index (χ3n) is 2.91. The molecule has 1 aromatic carbocycles. The minimum Gasteiger partial charge on any atom is -0.490 e. The van der Waals surface area contributed by atoms with Crippen molar-refractivity contribution in [3.05, 3.63) is 29.8 Å². The summed E-state index contributed by atoms with van der Waals surface area (Å²) in [7, 11) is 0. The van der Waals surface area contributed by atoms with Gasteiger partial charge in [0.2, 0.25) is 0 Å². The SMILES string of the molecule is CCCN(CC(=O)O)C(=O)c1ccccc1OCCOCC. The van der Waals surface area contributed by atoms with E-state index >= 15 is 0 Å². The molecule has 0 aliphatic carbocycles. The van der Waals surface area contributed by atoms with Gasteiger partial charge in [0.1, 0.15) is 18.9 Å². The minimum atomic E-state index is -1.03. The van der Waals surface area contributed by atoms with E-state index in [0.717, 1.165) is 0 Å². The molecule has 0 aromatic heterocycles. The Hall–Kier alpha value is -2.08. The summed E-state index contributed by atoms with van der Waals surface area (Å²) in [6.45, 7) is 5.24. The van der Waals surface area contributed by atoms with Gasteiger partial charge >= 0.3 is 5.97 Å². The van der Waals surface area contributed by atoms with Crippen LogP contribution in [0.5, 0.6) is 5.75 Å². The van der Waals surface area contributed by atoms with Crippen molar-refractivity contribution in [2.75, 3.05) is 32.9 Å². The molecular weight excluding hydrogens is 286 g/mol. The molecule has 0 fully saturated rings. The predicted molar refractivity (Wildman–Crippen MR) is 82.3 cm³/mol. The molecule has 0 heterocycles. The number of carbonyl (C=O) groups is 2. The van der Waals surface area contributed by atoms with Crippen LogP contribution in [-0.2, 0) is 9.53 Å². The van der Waals surface area contributed by atoms with Crippen molar-refractivity contribution in [1.82, 2.24) is 4.90 Å². The van der Waals surface area contributed by atoms with Gasteiger partial charge in [-0.1, -0.05) is 19.1 Å². The molecule has 6 nitrogen and oxygen atoms in total. The van der Waals surface area contributed by atoms with Crippen LogP contribution in [0, 0.1) is 0 Å². The molecular formula is C16H23NO5. The number of benzene rings is 1. The highest BCUT2D eigenvalue weighted by atomic mass is 16.5. The molecule has 22 heavy (non-hydrogen) atoms. The lowest BCUT2D eigenvalue weighted by molar-refractivity contribution is -0.137. The van der Waals surface area contributed by atoms with Gasteiger partial charge in [-0.25, -0.2) is 0 Å². The first kappa shape index (κ1) is 18.0. The second kappa shape index (κ2) is 9.78. The smallest absolute Gasteiger partial charge is 0.323 e. The molecule has 0 spiro atoms. The Labute approximate surface area is 130 Å². The molecule has 1 N–H and O–H groups in total. The molecule has 0 bridgehead atoms. The first-order valence-electron chi connectivity index (χ1n) is 7.40. The van der Waals surface area contributed by atoms with Crippen molar-refractivity contribution in [3.63, 3.8) is 0 Å². The predicted octanol–water partition coefficient (Wildman–Crippen LogP) is 2.04. The fraction of sp³-hybridized carbons (Fsp3) is 0.500. The standard InChI is InChI=1S/C16H23NO5/c1-3-9-17(12-15(18)19)16(20)13-7-5-6-8-14(13)22-11-10-21-4-2/h5-8H,3-4,9-12H2,1-2H3,(H,18,19). The summed E-state index contributed by atoms with van der Waals surface area (Å²) < 4.78 is 10.8. The number of rotatable bonds is 10. The number of nitrogens with zero attached hydrogens (tertiary/aromatic N) is 1. The van der Waals surface area contributed by atoms with Crippen LogP contribution in [0.2, 0.25) is 0 Å². The first-order chi connectivity index (χ1) is 10.6. The Morgan fingerprint density at radius 3 is 2.55 bits per heavy atom. The maximum atomic E-state index is 12.5. The molecule has 6 heteroatoms. The van der Waals surface area contributed by atoms with Gasteiger partial charge in [-0.3, -0.25) is 9.59 Å². The average Bonchev–Trinajstić information content (AvgIpc) is 2.50. The number of aliphatic carboxylic acids is 1. The van der Waals surface area contributed by atoms with Crippen molar-refractivity contribution in [2.45, 2.75) is 20.3 Å². The average molecular weight is 309 g/mol. The lowest BCUT2D eigenvalue weighted by atomic mass is 10.1. The van der Waals surface area contributed by atoms with Crippen molar-refractivity contribution in [3.8, 4) is 5.75 Å². The van der Waals surface area contributed by atoms with Crippen LogP contribution < -0.4 is 4.74 Å². The van der Waals surface area contributed by atoms with Crippen LogP contribution in [-0.4, -0.2) is 54.8 Å². The fourth-order valence-corrected chi connectivity index (χ4v) is 1.98. The highest BCUT2D eigenvalue weighted by Crippen LogP contribution is 2.20. The number of carbonyl (C=O) groups excluding carboxylic acids is 1. The molecule has 0 atom stereocenters. The topological polar surface area (TPSA) is 76.1 Å². The summed E-state index contributed by atoms with van der Waals surface area (Å²) in [6.07, 6.45) is 0.687. The number of carboxylic acids is 1. The Morgan fingerprint density at radius 1 is 1.18 bits per heavy atom. The fourth-order valence-electron chi connectivity index (χ4n) is 1.98. The van der Waals surface area contributed by atoms with Crippen LogP contribution in [0.25, 0.3) is 0 Å². The third kappa shape index (κ3) is 5.73. The Balaban J connectivity index is 2.83. The van der Waals surface area contributed by atoms with E-state index in [-0.39, 0.29) is 12.5 Å². The molecule has 1 amide bonds. The lowest BCUT2D eigenvalue weighted by Gasteiger charge is -2.21. The summed E-state index contributed by atoms with van der Waals surface area (Å²) in [6, 6.07) is 6.84. The summed E-state index contributed by atoms with van der Waals surface area (Å²) in [5.74, 6) is -0.925. The molecule has 0 saturated heterocycles. The molecule has 1 rings (SSSR count). The maximum Gasteiger partial charge on any atom is 0.323 e. The van der Waals surface area contributed by atoms with E-state index in [1.54, 1.807) is 24.3 Å². The summed E-state index contributed by atoms with van der Waals surface area (Å²) in [4.78, 5) is 24.8. The van der Waals surface area contributed by atoms with E-state index in [4.69, 9.17) is 14.6 Å². The van der Waals surface area contributed by atoms with Crippen molar-refractivity contribution in [2.24, 2.45) is 0 Å². The maximum absolute atomic E-state index is 12.5. The van der Waals surface area contributed by atoms with Crippen LogP contribution >= 0.6 is 0 Å². The monoisotopic (exact) mass is 309 g/mol. The van der Waals surface area contributed by atoms with Gasteiger partial charge < -0.3 is 19.5 Å². The van der Waals surface area contributed by atoms with E-state index in [2.05, 4.69) is 0 Å². The molecule has 122 valence electrons. The molecule has 0 radical (unpaired) electrons. The zero-order valence-corrected chi connectivity index (χ0v) is 13.1. The minimum absolute atomic E-state index is 0.319. The number of hydrogen-bond donors (Lipinski definition) is 1. The molecule has 0 unspecified atom stereocenters. The van der Waals surface area contributed by atoms with E-state index in [1.165, 1.54) is 4.90 Å². The van der Waals surface area contributed by atoms with Crippen molar-refractivity contribution < 1.29 is 24.2 Å². The normalized spacial score (nSPS) is 10.3. The third-order valence-corrected chi connectivity index (χ3v) is 2.91. The van der Waals surface area contributed by atoms with Gasteiger partial charge in [0.15, 0.2) is 0 Å². The van der Waals surface area contributed by atoms with E-state index in [0.29, 0.717) is 44.1 Å². The second-order valence-electron chi connectivity index (χ2n) is 4.66. The van der Waals surface area contributed by atoms with Crippen LogP contribution in [0.3, 0.4) is 0 Å². The summed E-state index contributed by atoms with van der Waals surface area (Å²) >= 11 is 0. The zero-order chi connectivity index (χ0) is 16.4. The summed E-state index contributed by atoms with van der Waals surface area (Å²) in [5, 5.41) is 8.93. The van der Waals surface area contributed by atoms with Crippen molar-refractivity contribution >= 4 is 11.9 Å². The number of amides is 1. The van der Waals surface area contributed by atoms with Crippen LogP contribution in [0.15, 0.2) is 24.3 Å². The Morgan fingerprint density at radius 2 is 1.91 bits per heavy atom. The van der Waals surface area contributed by atoms with Gasteiger partial charge in [-0.05, 0) is 25.5 Å². The number of ether oxygens (including phenoxy) is 2. The van der Waals surface area contributed by atoms with Crippen molar-refractivity contribution in [1.29, 1.82) is 0 Å². The van der Waals surface area contributed by atoms with E-state index in [9.17, 15) is 9.59 Å². The van der Waals surface area contributed by atoms with E-state index in [1.807, 2.05) is 13.8 Å². The van der Waals surface area contributed by atoms with Crippen LogP contribution in [0.4, 0.5) is 0 Å². The molecule has 0 aliphatic rings. The Bertz CT molecular complexity index is 489. The molecule has 0 aliphatic heterocycles. The first-order valence-corrected chi connectivity index (χ1v) is 7.40. The highest BCUT2D eigenvalue weighted by Gasteiger charge is 2.20. The van der Waals surface area contributed by atoms with Gasteiger partial charge in [-0.15, -0.1) is 0 Å². The highest BCUT2D eigenvalue weighted by molar-refractivity contribution is 5.98. The lowest BCUT2D eigenvalue weighted by Crippen LogP contribution is -2.36. The quantitative estimate of drug-likeness (QED) is 0.669. The zero-order valence-electron chi connectivity index (χ0n) is 13.1. The van der Waals surface area contributed by atoms with E-state index < -0.39 is 5.97 Å². The van der Waals surface area contributed by atoms with Gasteiger partial charge in [0.25, 0.3) is 5.91 Å². The second-order valence-corrected chi connectivity index (χ2v) is 4.66. The summed E-state index contributed by atoms with van der Waals surface area (Å²) in [5.41, 5.74) is 0.369. The Kier molecular flexibility index (Phi) is 7.99. The number of para-hydroxylation sites is 1. The molecule has 1 aromatic rings. The van der Waals surface area contributed by atoms with Crippen LogP contribution in [0.1, 0.15) is 30.6 Å². The van der Waals surface area contributed by atoms with Gasteiger partial charge in [0.05, 0.1) is 12.2 Å². The largest absolute Gasteiger partial charge is 0.490 e. The number of carboxylic acid groups (broad SMARTS) is 1. The number of hydrogen-bond acceptors (Lipinski definition) is 4. The van der Waals surface area contributed by atoms with Gasteiger partial charge in [0, 0.05) is 13.2 Å².